The number of amides is 1. The molecule has 1 aromatic rings. The van der Waals surface area contributed by atoms with E-state index in [9.17, 15) is 4.79 Å². The molecule has 3 rings (SSSR count). The van der Waals surface area contributed by atoms with Crippen LogP contribution in [0.5, 0.6) is 0 Å². The Morgan fingerprint density at radius 2 is 2.32 bits per heavy atom. The fourth-order valence-electron chi connectivity index (χ4n) is 3.67. The van der Waals surface area contributed by atoms with Crippen molar-refractivity contribution in [3.8, 4) is 0 Å². The highest BCUT2D eigenvalue weighted by Gasteiger charge is 2.30. The number of ether oxygens (including phenoxy) is 1. The Balaban J connectivity index is 1.46. The van der Waals surface area contributed by atoms with Gasteiger partial charge in [0.1, 0.15) is 5.82 Å². The average Bonchev–Trinajstić information content (AvgIpc) is 3.26. The van der Waals surface area contributed by atoms with Gasteiger partial charge in [-0.25, -0.2) is 4.98 Å². The molecule has 1 aromatic heterocycles. The summed E-state index contributed by atoms with van der Waals surface area (Å²) in [5.74, 6) is 1.20. The topological polar surface area (TPSA) is 62.6 Å². The van der Waals surface area contributed by atoms with E-state index in [1.807, 2.05) is 26.4 Å². The summed E-state index contributed by atoms with van der Waals surface area (Å²) in [6, 6.07) is 0.304. The Labute approximate surface area is 150 Å². The zero-order valence-electron chi connectivity index (χ0n) is 15.6. The molecule has 7 heteroatoms. The van der Waals surface area contributed by atoms with Crippen molar-refractivity contribution < 1.29 is 9.53 Å². The molecule has 1 N–H and O–H groups in total. The first-order chi connectivity index (χ1) is 12.0. The van der Waals surface area contributed by atoms with E-state index in [-0.39, 0.29) is 18.1 Å². The highest BCUT2D eigenvalue weighted by atomic mass is 16.5. The number of hydrogen-bond donors (Lipinski definition) is 1. The molecule has 7 nitrogen and oxygen atoms in total. The highest BCUT2D eigenvalue weighted by Crippen LogP contribution is 2.15. The lowest BCUT2D eigenvalue weighted by Gasteiger charge is -2.41. The van der Waals surface area contributed by atoms with Crippen LogP contribution in [0.3, 0.4) is 0 Å². The first-order valence-corrected chi connectivity index (χ1v) is 9.38. The van der Waals surface area contributed by atoms with Gasteiger partial charge in [0.25, 0.3) is 0 Å². The molecule has 3 unspecified atom stereocenters. The van der Waals surface area contributed by atoms with Crippen LogP contribution < -0.4 is 5.32 Å². The standard InChI is InChI=1S/C18H31N5O2/c1-14-12-23(9-8-22(14)13-17-19-6-7-21(17)3)15(2)18(24)20-11-16-5-4-10-25-16/h6-7,14-16H,4-5,8-13H2,1-3H3,(H,20,24). The fraction of sp³-hybridized carbons (Fsp3) is 0.778. The maximum absolute atomic E-state index is 12.5. The van der Waals surface area contributed by atoms with Crippen molar-refractivity contribution in [2.45, 2.75) is 51.4 Å². The van der Waals surface area contributed by atoms with Crippen molar-refractivity contribution in [2.75, 3.05) is 32.8 Å². The second-order valence-electron chi connectivity index (χ2n) is 7.32. The summed E-state index contributed by atoms with van der Waals surface area (Å²) >= 11 is 0. The lowest BCUT2D eigenvalue weighted by atomic mass is 10.1. The number of rotatable bonds is 6. The van der Waals surface area contributed by atoms with Gasteiger partial charge in [-0.2, -0.15) is 0 Å². The molecular weight excluding hydrogens is 318 g/mol. The van der Waals surface area contributed by atoms with Gasteiger partial charge in [-0.3, -0.25) is 14.6 Å². The van der Waals surface area contributed by atoms with Crippen molar-refractivity contribution in [3.63, 3.8) is 0 Å². The van der Waals surface area contributed by atoms with Crippen LogP contribution in [0.25, 0.3) is 0 Å². The summed E-state index contributed by atoms with van der Waals surface area (Å²) in [5.41, 5.74) is 0. The van der Waals surface area contributed by atoms with Crippen molar-refractivity contribution in [2.24, 2.45) is 7.05 Å². The van der Waals surface area contributed by atoms with Crippen LogP contribution >= 0.6 is 0 Å². The molecule has 0 saturated carbocycles. The summed E-state index contributed by atoms with van der Waals surface area (Å²) in [6.45, 7) is 9.32. The van der Waals surface area contributed by atoms with Gasteiger partial charge in [0, 0.05) is 58.3 Å². The van der Waals surface area contributed by atoms with Crippen molar-refractivity contribution >= 4 is 5.91 Å². The second-order valence-corrected chi connectivity index (χ2v) is 7.32. The minimum atomic E-state index is -0.0980. The van der Waals surface area contributed by atoms with Crippen molar-refractivity contribution in [3.05, 3.63) is 18.2 Å². The van der Waals surface area contributed by atoms with E-state index in [4.69, 9.17) is 4.74 Å². The van der Waals surface area contributed by atoms with Gasteiger partial charge >= 0.3 is 0 Å². The largest absolute Gasteiger partial charge is 0.376 e. The normalized spacial score (nSPS) is 26.7. The molecule has 140 valence electrons. The number of carbonyl (C=O) groups excluding carboxylic acids is 1. The van der Waals surface area contributed by atoms with Crippen LogP contribution in [0.2, 0.25) is 0 Å². The van der Waals surface area contributed by atoms with Crippen molar-refractivity contribution in [1.29, 1.82) is 0 Å². The molecule has 0 spiro atoms. The van der Waals surface area contributed by atoms with E-state index in [1.54, 1.807) is 0 Å². The Morgan fingerprint density at radius 1 is 1.48 bits per heavy atom. The SMILES string of the molecule is CC1CN(C(C)C(=O)NCC2CCCO2)CCN1Cc1nccn1C. The molecule has 0 bridgehead atoms. The number of nitrogens with one attached hydrogen (secondary N) is 1. The smallest absolute Gasteiger partial charge is 0.237 e. The van der Waals surface area contributed by atoms with E-state index in [1.165, 1.54) is 0 Å². The van der Waals surface area contributed by atoms with Crippen LogP contribution in [0.1, 0.15) is 32.5 Å². The van der Waals surface area contributed by atoms with E-state index >= 15 is 0 Å². The number of piperazine rings is 1. The summed E-state index contributed by atoms with van der Waals surface area (Å²) in [7, 11) is 2.03. The number of aryl methyl sites for hydroxylation is 1. The maximum Gasteiger partial charge on any atom is 0.237 e. The molecule has 0 aliphatic carbocycles. The Hall–Kier alpha value is -1.44. The van der Waals surface area contributed by atoms with E-state index in [2.05, 4.69) is 31.6 Å². The third-order valence-electron chi connectivity index (χ3n) is 5.52. The van der Waals surface area contributed by atoms with Gasteiger partial charge < -0.3 is 14.6 Å². The van der Waals surface area contributed by atoms with Gasteiger partial charge in [-0.1, -0.05) is 0 Å². The predicted molar refractivity (Wildman–Crippen MR) is 96.1 cm³/mol. The van der Waals surface area contributed by atoms with E-state index in [0.29, 0.717) is 12.6 Å². The molecule has 0 aromatic carbocycles. The molecule has 2 aliphatic rings. The first kappa shape index (κ1) is 18.4. The van der Waals surface area contributed by atoms with Gasteiger partial charge in [0.15, 0.2) is 0 Å². The van der Waals surface area contributed by atoms with E-state index < -0.39 is 0 Å². The predicted octanol–water partition coefficient (Wildman–Crippen LogP) is 0.610. The summed E-state index contributed by atoms with van der Waals surface area (Å²) < 4.78 is 7.65. The molecule has 0 radical (unpaired) electrons. The number of carbonyl (C=O) groups is 1. The summed E-state index contributed by atoms with van der Waals surface area (Å²) in [6.07, 6.45) is 6.18. The Morgan fingerprint density at radius 3 is 2.96 bits per heavy atom. The number of aromatic nitrogens is 2. The number of nitrogens with zero attached hydrogens (tertiary/aromatic N) is 4. The molecule has 25 heavy (non-hydrogen) atoms. The van der Waals surface area contributed by atoms with Crippen LogP contribution in [0, 0.1) is 0 Å². The zero-order valence-corrected chi connectivity index (χ0v) is 15.6. The summed E-state index contributed by atoms with van der Waals surface area (Å²) in [5, 5.41) is 3.06. The molecule has 1 amide bonds. The molecular formula is C18H31N5O2. The minimum Gasteiger partial charge on any atom is -0.376 e. The number of hydrogen-bond acceptors (Lipinski definition) is 5. The third kappa shape index (κ3) is 4.59. The lowest BCUT2D eigenvalue weighted by molar-refractivity contribution is -0.127. The first-order valence-electron chi connectivity index (χ1n) is 9.38. The van der Waals surface area contributed by atoms with Gasteiger partial charge in [-0.15, -0.1) is 0 Å². The van der Waals surface area contributed by atoms with Crippen LogP contribution in [0.15, 0.2) is 12.4 Å². The minimum absolute atomic E-state index is 0.0980. The average molecular weight is 349 g/mol. The molecule has 2 saturated heterocycles. The lowest BCUT2D eigenvalue weighted by Crippen LogP contribution is -2.57. The maximum atomic E-state index is 12.5. The molecule has 3 heterocycles. The van der Waals surface area contributed by atoms with Crippen molar-refractivity contribution in [1.82, 2.24) is 24.7 Å². The van der Waals surface area contributed by atoms with Crippen LogP contribution in [-0.2, 0) is 23.1 Å². The van der Waals surface area contributed by atoms with E-state index in [0.717, 1.165) is 51.5 Å². The quantitative estimate of drug-likeness (QED) is 0.815. The fourth-order valence-corrected chi connectivity index (χ4v) is 3.67. The van der Waals surface area contributed by atoms with Gasteiger partial charge in [0.05, 0.1) is 18.7 Å². The Bertz CT molecular complexity index is 570. The molecule has 3 atom stereocenters. The number of imidazole rings is 1. The molecule has 2 aliphatic heterocycles. The zero-order chi connectivity index (χ0) is 17.8. The highest BCUT2D eigenvalue weighted by molar-refractivity contribution is 5.81. The third-order valence-corrected chi connectivity index (χ3v) is 5.52. The Kier molecular flexibility index (Phi) is 6.09. The molecule has 2 fully saturated rings. The van der Waals surface area contributed by atoms with Crippen LogP contribution in [-0.4, -0.2) is 76.2 Å². The van der Waals surface area contributed by atoms with Gasteiger partial charge in [0.2, 0.25) is 5.91 Å². The monoisotopic (exact) mass is 349 g/mol. The van der Waals surface area contributed by atoms with Crippen LogP contribution in [0.4, 0.5) is 0 Å². The second kappa shape index (κ2) is 8.29. The summed E-state index contributed by atoms with van der Waals surface area (Å²) in [4.78, 5) is 21.6. The van der Waals surface area contributed by atoms with Gasteiger partial charge in [-0.05, 0) is 26.7 Å².